The lowest BCUT2D eigenvalue weighted by atomic mass is 10.0. The number of carboxylic acids is 1. The van der Waals surface area contributed by atoms with Crippen molar-refractivity contribution in [3.8, 4) is 0 Å². The third-order valence-corrected chi connectivity index (χ3v) is 7.08. The molecule has 4 N–H and O–H groups in total. The van der Waals surface area contributed by atoms with Gasteiger partial charge in [-0.3, -0.25) is 14.4 Å². The van der Waals surface area contributed by atoms with Crippen LogP contribution in [0.5, 0.6) is 0 Å². The number of rotatable bonds is 11. The highest BCUT2D eigenvalue weighted by atomic mass is 16.5. The molecule has 0 bridgehead atoms. The van der Waals surface area contributed by atoms with Gasteiger partial charge in [0.1, 0.15) is 12.6 Å². The fraction of sp³-hybridized carbons (Fsp3) is 0.379. The molecule has 0 aliphatic heterocycles. The number of amides is 3. The smallest absolute Gasteiger partial charge is 0.407 e. The van der Waals surface area contributed by atoms with Crippen molar-refractivity contribution in [1.82, 2.24) is 20.5 Å². The number of benzene rings is 2. The first-order valence-electron chi connectivity index (χ1n) is 13.2. The summed E-state index contributed by atoms with van der Waals surface area (Å²) in [7, 11) is 1.89. The van der Waals surface area contributed by atoms with E-state index >= 15 is 0 Å². The molecule has 1 heterocycles. The highest BCUT2D eigenvalue weighted by Gasteiger charge is 2.35. The predicted molar refractivity (Wildman–Crippen MR) is 145 cm³/mol. The number of alkyl carbamates (subject to hydrolysis) is 1. The van der Waals surface area contributed by atoms with E-state index in [1.54, 1.807) is 12.1 Å². The summed E-state index contributed by atoms with van der Waals surface area (Å²) in [6, 6.07) is 15.2. The lowest BCUT2D eigenvalue weighted by Gasteiger charge is -2.23. The van der Waals surface area contributed by atoms with Gasteiger partial charge in [-0.15, -0.1) is 0 Å². The molecule has 0 spiro atoms. The van der Waals surface area contributed by atoms with Gasteiger partial charge in [0.15, 0.2) is 0 Å². The van der Waals surface area contributed by atoms with Gasteiger partial charge in [0.25, 0.3) is 5.91 Å². The Balaban J connectivity index is 1.35. The number of fused-ring (bicyclic) bond motifs is 1. The standard InChI is InChI=1S/C29H34N4O6/c1-33-16-14-20-12-13-21(17-25(20)33)26(34)32-24(27(35)31-23-10-5-9-22(23)28(36)37)11-6-15-30-29(38)39-18-19-7-3-2-4-8-19/h2-4,7-8,12-14,16-17,22-24H,5-6,9-11,15,18H2,1H3,(H,30,38)(H,31,35)(H,32,34)(H,36,37)/t22-,23+,24+/m1/s1. The van der Waals surface area contributed by atoms with Crippen LogP contribution in [0.4, 0.5) is 4.79 Å². The molecule has 3 amide bonds. The van der Waals surface area contributed by atoms with Gasteiger partial charge < -0.3 is 30.4 Å². The molecule has 206 valence electrons. The molecule has 1 saturated carbocycles. The van der Waals surface area contributed by atoms with Crippen molar-refractivity contribution < 1.29 is 29.0 Å². The molecule has 0 saturated heterocycles. The Morgan fingerprint density at radius 1 is 1.08 bits per heavy atom. The minimum absolute atomic E-state index is 0.144. The first kappa shape index (κ1) is 27.7. The van der Waals surface area contributed by atoms with Crippen molar-refractivity contribution in [1.29, 1.82) is 0 Å². The molecule has 1 fully saturated rings. The van der Waals surface area contributed by atoms with E-state index in [0.717, 1.165) is 16.5 Å². The summed E-state index contributed by atoms with van der Waals surface area (Å²) < 4.78 is 7.12. The fourth-order valence-electron chi connectivity index (χ4n) is 4.90. The van der Waals surface area contributed by atoms with E-state index in [-0.39, 0.29) is 19.6 Å². The predicted octanol–water partition coefficient (Wildman–Crippen LogP) is 3.35. The van der Waals surface area contributed by atoms with Gasteiger partial charge in [0.05, 0.1) is 5.92 Å². The number of hydrogen-bond acceptors (Lipinski definition) is 5. The van der Waals surface area contributed by atoms with Crippen LogP contribution in [-0.2, 0) is 28.0 Å². The Kier molecular flexibility index (Phi) is 9.19. The quantitative estimate of drug-likeness (QED) is 0.278. The number of aromatic nitrogens is 1. The molecule has 2 aromatic carbocycles. The molecule has 3 aromatic rings. The van der Waals surface area contributed by atoms with E-state index in [1.807, 2.05) is 60.3 Å². The average Bonchev–Trinajstić information content (AvgIpc) is 3.55. The highest BCUT2D eigenvalue weighted by Crippen LogP contribution is 2.26. The third kappa shape index (κ3) is 7.37. The van der Waals surface area contributed by atoms with Gasteiger partial charge in [-0.05, 0) is 54.8 Å². The molecule has 10 heteroatoms. The van der Waals surface area contributed by atoms with Crippen molar-refractivity contribution in [2.24, 2.45) is 13.0 Å². The van der Waals surface area contributed by atoms with Crippen LogP contribution in [0.15, 0.2) is 60.8 Å². The second kappa shape index (κ2) is 12.9. The highest BCUT2D eigenvalue weighted by molar-refractivity contribution is 6.00. The zero-order valence-electron chi connectivity index (χ0n) is 21.9. The van der Waals surface area contributed by atoms with Crippen LogP contribution < -0.4 is 16.0 Å². The van der Waals surface area contributed by atoms with Crippen LogP contribution >= 0.6 is 0 Å². The lowest BCUT2D eigenvalue weighted by molar-refractivity contribution is -0.142. The Bertz CT molecular complexity index is 1320. The fourth-order valence-corrected chi connectivity index (χ4v) is 4.90. The summed E-state index contributed by atoms with van der Waals surface area (Å²) >= 11 is 0. The number of hydrogen-bond donors (Lipinski definition) is 4. The molecule has 0 unspecified atom stereocenters. The van der Waals surface area contributed by atoms with Crippen LogP contribution in [0.1, 0.15) is 48.0 Å². The number of aliphatic carboxylic acids is 1. The number of aryl methyl sites for hydroxylation is 1. The molecular formula is C29H34N4O6. The average molecular weight is 535 g/mol. The van der Waals surface area contributed by atoms with Gasteiger partial charge >= 0.3 is 12.1 Å². The molecule has 1 aliphatic carbocycles. The van der Waals surface area contributed by atoms with Gasteiger partial charge in [0, 0.05) is 36.9 Å². The zero-order valence-corrected chi connectivity index (χ0v) is 21.9. The van der Waals surface area contributed by atoms with Crippen molar-refractivity contribution in [3.05, 3.63) is 71.9 Å². The van der Waals surface area contributed by atoms with E-state index in [4.69, 9.17) is 4.74 Å². The van der Waals surface area contributed by atoms with Gasteiger partial charge in [-0.1, -0.05) is 42.8 Å². The summed E-state index contributed by atoms with van der Waals surface area (Å²) in [6.45, 7) is 0.384. The number of carboxylic acid groups (broad SMARTS) is 1. The lowest BCUT2D eigenvalue weighted by Crippen LogP contribution is -2.51. The van der Waals surface area contributed by atoms with Crippen LogP contribution in [-0.4, -0.2) is 52.2 Å². The van der Waals surface area contributed by atoms with E-state index in [2.05, 4.69) is 16.0 Å². The molecule has 0 radical (unpaired) electrons. The number of carbonyl (C=O) groups excluding carboxylic acids is 3. The van der Waals surface area contributed by atoms with E-state index in [1.165, 1.54) is 0 Å². The van der Waals surface area contributed by atoms with E-state index in [9.17, 15) is 24.3 Å². The largest absolute Gasteiger partial charge is 0.481 e. The Morgan fingerprint density at radius 3 is 2.64 bits per heavy atom. The van der Waals surface area contributed by atoms with Crippen LogP contribution in [0.25, 0.3) is 10.9 Å². The molecule has 39 heavy (non-hydrogen) atoms. The Labute approximate surface area is 226 Å². The van der Waals surface area contributed by atoms with E-state index < -0.39 is 41.9 Å². The Morgan fingerprint density at radius 2 is 1.87 bits per heavy atom. The number of nitrogens with one attached hydrogen (secondary N) is 3. The summed E-state index contributed by atoms with van der Waals surface area (Å²) in [5.41, 5.74) is 2.17. The first-order valence-corrected chi connectivity index (χ1v) is 13.2. The zero-order chi connectivity index (χ0) is 27.8. The normalized spacial score (nSPS) is 17.4. The molecular weight excluding hydrogens is 500 g/mol. The molecule has 4 rings (SSSR count). The Hall–Kier alpha value is -4.34. The topological polar surface area (TPSA) is 139 Å². The molecule has 3 atom stereocenters. The van der Waals surface area contributed by atoms with Gasteiger partial charge in [-0.2, -0.15) is 0 Å². The van der Waals surface area contributed by atoms with Gasteiger partial charge in [-0.25, -0.2) is 4.79 Å². The monoisotopic (exact) mass is 534 g/mol. The first-order chi connectivity index (χ1) is 18.8. The van der Waals surface area contributed by atoms with Crippen molar-refractivity contribution >= 4 is 34.8 Å². The second-order valence-electron chi connectivity index (χ2n) is 9.85. The number of ether oxygens (including phenoxy) is 1. The maximum absolute atomic E-state index is 13.2. The summed E-state index contributed by atoms with van der Waals surface area (Å²) in [5, 5.41) is 18.8. The summed E-state index contributed by atoms with van der Waals surface area (Å²) in [5.74, 6) is -2.43. The number of nitrogens with zero attached hydrogens (tertiary/aromatic N) is 1. The van der Waals surface area contributed by atoms with Crippen molar-refractivity contribution in [3.63, 3.8) is 0 Å². The minimum Gasteiger partial charge on any atom is -0.481 e. The molecule has 1 aliphatic rings. The van der Waals surface area contributed by atoms with Crippen molar-refractivity contribution in [2.45, 2.75) is 50.8 Å². The summed E-state index contributed by atoms with van der Waals surface area (Å²) in [6.07, 6.45) is 3.75. The third-order valence-electron chi connectivity index (χ3n) is 7.08. The molecule has 10 nitrogen and oxygen atoms in total. The van der Waals surface area contributed by atoms with Gasteiger partial charge in [0.2, 0.25) is 5.91 Å². The second-order valence-corrected chi connectivity index (χ2v) is 9.85. The summed E-state index contributed by atoms with van der Waals surface area (Å²) in [4.78, 5) is 50.0. The van der Waals surface area contributed by atoms with Crippen molar-refractivity contribution in [2.75, 3.05) is 6.54 Å². The molecule has 1 aromatic heterocycles. The van der Waals surface area contributed by atoms with Crippen LogP contribution in [0.2, 0.25) is 0 Å². The number of carbonyl (C=O) groups is 4. The maximum atomic E-state index is 13.2. The van der Waals surface area contributed by atoms with E-state index in [0.29, 0.717) is 31.2 Å². The maximum Gasteiger partial charge on any atom is 0.407 e. The minimum atomic E-state index is -0.938. The SMILES string of the molecule is Cn1ccc2ccc(C(=O)N[C@@H](CCCNC(=O)OCc3ccccc3)C(=O)N[C@H]3CCC[C@H]3C(=O)O)cc21. The van der Waals surface area contributed by atoms with Crippen LogP contribution in [0.3, 0.4) is 0 Å². The van der Waals surface area contributed by atoms with Crippen LogP contribution in [0, 0.1) is 5.92 Å².